The van der Waals surface area contributed by atoms with Crippen LogP contribution >= 0.6 is 0 Å². The Kier molecular flexibility index (Phi) is 4.19. The molecule has 2 nitrogen and oxygen atoms in total. The number of anilines is 2. The monoisotopic (exact) mass is 333 g/mol. The molecule has 1 aliphatic carbocycles. The fourth-order valence-electron chi connectivity index (χ4n) is 4.30. The molecule has 0 amide bonds. The SMILES string of the molecule is [2H]C1N(c2ccccc2)C(C2CCCCC2)=C(C)N1c1ccccc1C. The van der Waals surface area contributed by atoms with Crippen LogP contribution in [0.2, 0.25) is 0 Å². The zero-order valence-electron chi connectivity index (χ0n) is 16.3. The summed E-state index contributed by atoms with van der Waals surface area (Å²) in [6.07, 6.45) is 6.43. The lowest BCUT2D eigenvalue weighted by molar-refractivity contribution is 0.397. The van der Waals surface area contributed by atoms with Crippen molar-refractivity contribution >= 4 is 11.4 Å². The van der Waals surface area contributed by atoms with Crippen LogP contribution in [0, 0.1) is 12.8 Å². The average molecular weight is 333 g/mol. The smallest absolute Gasteiger partial charge is 0.0995 e. The van der Waals surface area contributed by atoms with E-state index in [4.69, 9.17) is 1.37 Å². The van der Waals surface area contributed by atoms with Gasteiger partial charge in [0, 0.05) is 28.7 Å². The molecule has 0 saturated heterocycles. The minimum Gasteiger partial charge on any atom is -0.325 e. The number of rotatable bonds is 3. The van der Waals surface area contributed by atoms with Crippen molar-refractivity contribution in [3.8, 4) is 0 Å². The van der Waals surface area contributed by atoms with E-state index in [2.05, 4.69) is 78.2 Å². The lowest BCUT2D eigenvalue weighted by atomic mass is 9.86. The summed E-state index contributed by atoms with van der Waals surface area (Å²) in [7, 11) is 0. The molecule has 0 radical (unpaired) electrons. The molecule has 1 fully saturated rings. The van der Waals surface area contributed by atoms with Crippen LogP contribution in [-0.4, -0.2) is 6.64 Å². The summed E-state index contributed by atoms with van der Waals surface area (Å²) >= 11 is 0. The molecule has 0 bridgehead atoms. The van der Waals surface area contributed by atoms with Gasteiger partial charge in [0.15, 0.2) is 0 Å². The molecule has 2 aliphatic rings. The van der Waals surface area contributed by atoms with E-state index in [1.807, 2.05) is 0 Å². The number of hydrogen-bond donors (Lipinski definition) is 0. The normalized spacial score (nSPS) is 22.5. The molecule has 2 aromatic rings. The van der Waals surface area contributed by atoms with Gasteiger partial charge in [0.2, 0.25) is 0 Å². The van der Waals surface area contributed by atoms with E-state index in [1.54, 1.807) is 0 Å². The minimum atomic E-state index is -0.449. The van der Waals surface area contributed by atoms with Crippen molar-refractivity contribution in [1.82, 2.24) is 0 Å². The Hall–Kier alpha value is -2.22. The molecule has 4 rings (SSSR count). The molecule has 130 valence electrons. The van der Waals surface area contributed by atoms with Crippen LogP contribution < -0.4 is 9.80 Å². The van der Waals surface area contributed by atoms with Gasteiger partial charge >= 0.3 is 0 Å². The Bertz CT molecular complexity index is 793. The number of allylic oxidation sites excluding steroid dienone is 2. The molecule has 1 heterocycles. The van der Waals surface area contributed by atoms with Crippen LogP contribution in [0.1, 0.15) is 46.0 Å². The topological polar surface area (TPSA) is 6.48 Å². The third kappa shape index (κ3) is 3.06. The molecule has 2 heteroatoms. The van der Waals surface area contributed by atoms with Crippen LogP contribution in [0.3, 0.4) is 0 Å². The maximum absolute atomic E-state index is 9.11. The summed E-state index contributed by atoms with van der Waals surface area (Å²) in [6, 6.07) is 18.9. The van der Waals surface area contributed by atoms with Crippen LogP contribution in [0.25, 0.3) is 0 Å². The summed E-state index contributed by atoms with van der Waals surface area (Å²) in [5.74, 6) is 0.561. The maximum Gasteiger partial charge on any atom is 0.0995 e. The van der Waals surface area contributed by atoms with Gasteiger partial charge in [-0.25, -0.2) is 0 Å². The molecule has 1 saturated carbocycles. The van der Waals surface area contributed by atoms with E-state index >= 15 is 0 Å². The number of aryl methyl sites for hydroxylation is 1. The van der Waals surface area contributed by atoms with Crippen LogP contribution in [0.5, 0.6) is 0 Å². The van der Waals surface area contributed by atoms with E-state index in [1.165, 1.54) is 49.1 Å². The van der Waals surface area contributed by atoms with E-state index in [0.29, 0.717) is 5.92 Å². The predicted molar refractivity (Wildman–Crippen MR) is 107 cm³/mol. The van der Waals surface area contributed by atoms with Gasteiger partial charge in [-0.2, -0.15) is 0 Å². The van der Waals surface area contributed by atoms with E-state index in [-0.39, 0.29) is 0 Å². The Morgan fingerprint density at radius 3 is 2.24 bits per heavy atom. The Morgan fingerprint density at radius 1 is 0.840 bits per heavy atom. The molecule has 1 atom stereocenters. The Balaban J connectivity index is 1.82. The lowest BCUT2D eigenvalue weighted by Crippen LogP contribution is -2.29. The molecular weight excluding hydrogens is 304 g/mol. The van der Waals surface area contributed by atoms with Gasteiger partial charge < -0.3 is 9.80 Å². The molecule has 0 aromatic heterocycles. The third-order valence-corrected chi connectivity index (χ3v) is 5.62. The lowest BCUT2D eigenvalue weighted by Gasteiger charge is -2.30. The summed E-state index contributed by atoms with van der Waals surface area (Å²) in [5.41, 5.74) is 6.11. The molecule has 0 spiro atoms. The van der Waals surface area contributed by atoms with Crippen molar-refractivity contribution in [2.24, 2.45) is 5.92 Å². The zero-order valence-corrected chi connectivity index (χ0v) is 15.3. The van der Waals surface area contributed by atoms with Crippen molar-refractivity contribution in [3.05, 3.63) is 71.6 Å². The summed E-state index contributed by atoms with van der Waals surface area (Å²) in [4.78, 5) is 4.48. The van der Waals surface area contributed by atoms with Gasteiger partial charge in [-0.1, -0.05) is 55.7 Å². The van der Waals surface area contributed by atoms with Gasteiger partial charge in [-0.05, 0) is 50.5 Å². The second-order valence-electron chi connectivity index (χ2n) is 7.28. The molecular formula is C23H28N2. The zero-order chi connectivity index (χ0) is 18.1. The van der Waals surface area contributed by atoms with Crippen molar-refractivity contribution < 1.29 is 1.37 Å². The van der Waals surface area contributed by atoms with Crippen molar-refractivity contribution in [2.45, 2.75) is 46.0 Å². The standard InChI is InChI=1S/C23H28N2/c1-18-11-9-10-16-22(18)24-17-25(21-14-7-4-8-15-21)23(19(24)2)20-12-5-3-6-13-20/h4,7-11,14-16,20H,3,5-6,12-13,17H2,1-2H3/i17D. The van der Waals surface area contributed by atoms with E-state index in [0.717, 1.165) is 11.4 Å². The van der Waals surface area contributed by atoms with Crippen molar-refractivity contribution in [2.75, 3.05) is 16.4 Å². The van der Waals surface area contributed by atoms with Crippen LogP contribution in [0.4, 0.5) is 11.4 Å². The first-order valence-corrected chi connectivity index (χ1v) is 9.50. The molecule has 2 aromatic carbocycles. The highest BCUT2D eigenvalue weighted by Gasteiger charge is 2.33. The first kappa shape index (κ1) is 15.1. The van der Waals surface area contributed by atoms with Gasteiger partial charge in [0.05, 0.1) is 8.02 Å². The first-order chi connectivity index (χ1) is 12.7. The molecule has 1 unspecified atom stereocenters. The third-order valence-electron chi connectivity index (χ3n) is 5.62. The first-order valence-electron chi connectivity index (χ1n) is 10.1. The highest BCUT2D eigenvalue weighted by Crippen LogP contribution is 2.41. The summed E-state index contributed by atoms with van der Waals surface area (Å²) in [5, 5.41) is 0. The quantitative estimate of drug-likeness (QED) is 0.670. The Labute approximate surface area is 153 Å². The largest absolute Gasteiger partial charge is 0.325 e. The van der Waals surface area contributed by atoms with Gasteiger partial charge in [-0.15, -0.1) is 0 Å². The molecule has 0 N–H and O–H groups in total. The van der Waals surface area contributed by atoms with Crippen LogP contribution in [-0.2, 0) is 0 Å². The minimum absolute atomic E-state index is 0.449. The van der Waals surface area contributed by atoms with Gasteiger partial charge in [-0.3, -0.25) is 0 Å². The van der Waals surface area contributed by atoms with E-state index in [9.17, 15) is 0 Å². The number of nitrogens with zero attached hydrogens (tertiary/aromatic N) is 2. The van der Waals surface area contributed by atoms with Crippen LogP contribution in [0.15, 0.2) is 66.0 Å². The summed E-state index contributed by atoms with van der Waals surface area (Å²) in [6.45, 7) is 3.90. The molecule has 25 heavy (non-hydrogen) atoms. The average Bonchev–Trinajstić information content (AvgIpc) is 2.94. The Morgan fingerprint density at radius 2 is 1.52 bits per heavy atom. The number of para-hydroxylation sites is 2. The number of hydrogen-bond acceptors (Lipinski definition) is 2. The summed E-state index contributed by atoms with van der Waals surface area (Å²) < 4.78 is 9.11. The van der Waals surface area contributed by atoms with E-state index < -0.39 is 6.64 Å². The maximum atomic E-state index is 9.11. The van der Waals surface area contributed by atoms with Crippen molar-refractivity contribution in [1.29, 1.82) is 0 Å². The second-order valence-corrected chi connectivity index (χ2v) is 7.28. The van der Waals surface area contributed by atoms with Gasteiger partial charge in [0.25, 0.3) is 0 Å². The highest BCUT2D eigenvalue weighted by molar-refractivity contribution is 5.66. The fourth-order valence-corrected chi connectivity index (χ4v) is 4.30. The highest BCUT2D eigenvalue weighted by atomic mass is 15.4. The van der Waals surface area contributed by atoms with Gasteiger partial charge in [0.1, 0.15) is 0 Å². The second kappa shape index (κ2) is 6.95. The fraction of sp³-hybridized carbons (Fsp3) is 0.391. The predicted octanol–water partition coefficient (Wildman–Crippen LogP) is 6.09. The molecule has 1 aliphatic heterocycles. The van der Waals surface area contributed by atoms with Crippen molar-refractivity contribution in [3.63, 3.8) is 0 Å². The number of benzene rings is 2.